The molecule has 0 saturated carbocycles. The number of benzene rings is 2. The highest BCUT2D eigenvalue weighted by Gasteiger charge is 2.08. The molecule has 20 heavy (non-hydrogen) atoms. The first-order valence-electron chi connectivity index (χ1n) is 6.28. The minimum absolute atomic E-state index is 0.467. The van der Waals surface area contributed by atoms with Crippen LogP contribution in [0.4, 0.5) is 10.5 Å². The standard InChI is InChI=1S/C16H16ClNO2/c1-10-4-5-11(2)15(8-10)18-16(19)20-13-6-7-14(17)12(3)9-13/h4-9H,1-3H3,(H,18,19). The van der Waals surface area contributed by atoms with E-state index in [9.17, 15) is 4.79 Å². The summed E-state index contributed by atoms with van der Waals surface area (Å²) in [6.45, 7) is 5.76. The van der Waals surface area contributed by atoms with Gasteiger partial charge in [-0.1, -0.05) is 23.7 Å². The maximum atomic E-state index is 11.9. The minimum atomic E-state index is -0.513. The molecule has 1 amide bonds. The van der Waals surface area contributed by atoms with Gasteiger partial charge in [0.15, 0.2) is 0 Å². The number of rotatable bonds is 2. The first-order valence-corrected chi connectivity index (χ1v) is 6.66. The van der Waals surface area contributed by atoms with Gasteiger partial charge in [0.05, 0.1) is 0 Å². The summed E-state index contributed by atoms with van der Waals surface area (Å²) >= 11 is 5.93. The summed E-state index contributed by atoms with van der Waals surface area (Å²) in [4.78, 5) is 11.9. The van der Waals surface area contributed by atoms with Crippen molar-refractivity contribution >= 4 is 23.4 Å². The van der Waals surface area contributed by atoms with Crippen molar-refractivity contribution in [3.63, 3.8) is 0 Å². The summed E-state index contributed by atoms with van der Waals surface area (Å²) in [7, 11) is 0. The molecule has 0 aliphatic heterocycles. The Morgan fingerprint density at radius 3 is 2.50 bits per heavy atom. The number of amides is 1. The molecule has 3 nitrogen and oxygen atoms in total. The molecule has 0 radical (unpaired) electrons. The molecular formula is C16H16ClNO2. The normalized spacial score (nSPS) is 10.2. The van der Waals surface area contributed by atoms with E-state index in [2.05, 4.69) is 5.32 Å². The van der Waals surface area contributed by atoms with Crippen LogP contribution in [0.25, 0.3) is 0 Å². The Labute approximate surface area is 123 Å². The van der Waals surface area contributed by atoms with Crippen LogP contribution in [-0.4, -0.2) is 6.09 Å². The molecule has 0 aromatic heterocycles. The lowest BCUT2D eigenvalue weighted by molar-refractivity contribution is 0.215. The van der Waals surface area contributed by atoms with Crippen LogP contribution in [0, 0.1) is 20.8 Å². The fourth-order valence-corrected chi connectivity index (χ4v) is 1.91. The molecule has 1 N–H and O–H groups in total. The summed E-state index contributed by atoms with van der Waals surface area (Å²) in [6.07, 6.45) is -0.513. The molecule has 0 heterocycles. The first kappa shape index (κ1) is 14.4. The van der Waals surface area contributed by atoms with Gasteiger partial charge >= 0.3 is 6.09 Å². The number of hydrogen-bond acceptors (Lipinski definition) is 2. The topological polar surface area (TPSA) is 38.3 Å². The van der Waals surface area contributed by atoms with Gasteiger partial charge in [0, 0.05) is 10.7 Å². The van der Waals surface area contributed by atoms with Crippen molar-refractivity contribution in [3.05, 3.63) is 58.1 Å². The van der Waals surface area contributed by atoms with E-state index in [0.717, 1.165) is 22.4 Å². The lowest BCUT2D eigenvalue weighted by Crippen LogP contribution is -2.17. The van der Waals surface area contributed by atoms with E-state index in [1.165, 1.54) is 0 Å². The van der Waals surface area contributed by atoms with Gasteiger partial charge in [-0.15, -0.1) is 0 Å². The highest BCUT2D eigenvalue weighted by Crippen LogP contribution is 2.22. The maximum Gasteiger partial charge on any atom is 0.417 e. The second-order valence-electron chi connectivity index (χ2n) is 4.74. The summed E-state index contributed by atoms with van der Waals surface area (Å²) in [6, 6.07) is 11.0. The van der Waals surface area contributed by atoms with Gasteiger partial charge in [-0.05, 0) is 61.7 Å². The molecule has 0 aliphatic carbocycles. The SMILES string of the molecule is Cc1ccc(C)c(NC(=O)Oc2ccc(Cl)c(C)c2)c1. The van der Waals surface area contributed by atoms with Crippen molar-refractivity contribution < 1.29 is 9.53 Å². The van der Waals surface area contributed by atoms with Crippen molar-refractivity contribution in [3.8, 4) is 5.75 Å². The Hall–Kier alpha value is -2.00. The van der Waals surface area contributed by atoms with E-state index in [-0.39, 0.29) is 0 Å². The zero-order valence-corrected chi connectivity index (χ0v) is 12.4. The zero-order valence-electron chi connectivity index (χ0n) is 11.7. The first-order chi connectivity index (χ1) is 9.45. The van der Waals surface area contributed by atoms with E-state index < -0.39 is 6.09 Å². The quantitative estimate of drug-likeness (QED) is 0.856. The lowest BCUT2D eigenvalue weighted by atomic mass is 10.1. The molecule has 0 unspecified atom stereocenters. The molecule has 0 bridgehead atoms. The van der Waals surface area contributed by atoms with E-state index in [4.69, 9.17) is 16.3 Å². The summed E-state index contributed by atoms with van der Waals surface area (Å²) in [5, 5.41) is 3.39. The molecule has 0 spiro atoms. The molecule has 0 saturated heterocycles. The molecule has 0 atom stereocenters. The van der Waals surface area contributed by atoms with E-state index >= 15 is 0 Å². The largest absolute Gasteiger partial charge is 0.417 e. The van der Waals surface area contributed by atoms with Crippen molar-refractivity contribution in [1.29, 1.82) is 0 Å². The predicted molar refractivity (Wildman–Crippen MR) is 81.8 cm³/mol. The monoisotopic (exact) mass is 289 g/mol. The number of carbonyl (C=O) groups is 1. The van der Waals surface area contributed by atoms with Crippen LogP contribution < -0.4 is 10.1 Å². The number of aryl methyl sites for hydroxylation is 3. The molecular weight excluding hydrogens is 274 g/mol. The summed E-state index contributed by atoms with van der Waals surface area (Å²) < 4.78 is 5.24. The van der Waals surface area contributed by atoms with Crippen LogP contribution in [0.2, 0.25) is 5.02 Å². The Bertz CT molecular complexity index is 653. The Kier molecular flexibility index (Phi) is 4.30. The van der Waals surface area contributed by atoms with E-state index in [1.54, 1.807) is 18.2 Å². The van der Waals surface area contributed by atoms with Crippen LogP contribution in [0.3, 0.4) is 0 Å². The number of anilines is 1. The van der Waals surface area contributed by atoms with Gasteiger partial charge in [0.25, 0.3) is 0 Å². The molecule has 104 valence electrons. The number of halogens is 1. The van der Waals surface area contributed by atoms with Crippen LogP contribution in [-0.2, 0) is 0 Å². The van der Waals surface area contributed by atoms with Crippen molar-refractivity contribution in [2.24, 2.45) is 0 Å². The number of hydrogen-bond donors (Lipinski definition) is 1. The summed E-state index contributed by atoms with van der Waals surface area (Å²) in [5.41, 5.74) is 3.68. The molecule has 0 aliphatic rings. The minimum Gasteiger partial charge on any atom is -0.410 e. The average Bonchev–Trinajstić information content (AvgIpc) is 2.38. The third-order valence-corrected chi connectivity index (χ3v) is 3.39. The van der Waals surface area contributed by atoms with Gasteiger partial charge in [0.2, 0.25) is 0 Å². The number of nitrogens with one attached hydrogen (secondary N) is 1. The molecule has 4 heteroatoms. The smallest absolute Gasteiger partial charge is 0.410 e. The van der Waals surface area contributed by atoms with Crippen LogP contribution in [0.15, 0.2) is 36.4 Å². The molecule has 2 aromatic rings. The maximum absolute atomic E-state index is 11.9. The fraction of sp³-hybridized carbons (Fsp3) is 0.188. The summed E-state index contributed by atoms with van der Waals surface area (Å²) in [5.74, 6) is 0.467. The average molecular weight is 290 g/mol. The second kappa shape index (κ2) is 5.97. The van der Waals surface area contributed by atoms with Crippen molar-refractivity contribution in [2.45, 2.75) is 20.8 Å². The highest BCUT2D eigenvalue weighted by molar-refractivity contribution is 6.31. The molecule has 2 aromatic carbocycles. The van der Waals surface area contributed by atoms with Gasteiger partial charge < -0.3 is 4.74 Å². The number of ether oxygens (including phenoxy) is 1. The molecule has 2 rings (SSSR count). The van der Waals surface area contributed by atoms with Gasteiger partial charge in [-0.2, -0.15) is 0 Å². The fourth-order valence-electron chi connectivity index (χ4n) is 1.79. The van der Waals surface area contributed by atoms with Gasteiger partial charge in [0.1, 0.15) is 5.75 Å². The van der Waals surface area contributed by atoms with E-state index in [1.807, 2.05) is 39.0 Å². The molecule has 0 fully saturated rings. The third-order valence-electron chi connectivity index (χ3n) is 2.97. The highest BCUT2D eigenvalue weighted by atomic mass is 35.5. The van der Waals surface area contributed by atoms with Crippen LogP contribution in [0.1, 0.15) is 16.7 Å². The second-order valence-corrected chi connectivity index (χ2v) is 5.15. The van der Waals surface area contributed by atoms with Crippen LogP contribution in [0.5, 0.6) is 5.75 Å². The van der Waals surface area contributed by atoms with Gasteiger partial charge in [-0.25, -0.2) is 4.79 Å². The lowest BCUT2D eigenvalue weighted by Gasteiger charge is -2.10. The van der Waals surface area contributed by atoms with E-state index in [0.29, 0.717) is 10.8 Å². The Morgan fingerprint density at radius 1 is 1.05 bits per heavy atom. The Morgan fingerprint density at radius 2 is 1.80 bits per heavy atom. The Balaban J connectivity index is 2.09. The third kappa shape index (κ3) is 3.52. The van der Waals surface area contributed by atoms with Crippen molar-refractivity contribution in [1.82, 2.24) is 0 Å². The number of carbonyl (C=O) groups excluding carboxylic acids is 1. The zero-order chi connectivity index (χ0) is 14.7. The van der Waals surface area contributed by atoms with Gasteiger partial charge in [-0.3, -0.25) is 5.32 Å². The van der Waals surface area contributed by atoms with Crippen molar-refractivity contribution in [2.75, 3.05) is 5.32 Å². The predicted octanol–water partition coefficient (Wildman–Crippen LogP) is 4.88. The van der Waals surface area contributed by atoms with Crippen LogP contribution >= 0.6 is 11.6 Å².